The molecule has 0 spiro atoms. The Bertz CT molecular complexity index is 724. The Morgan fingerprint density at radius 1 is 1.11 bits per heavy atom. The molecule has 3 rings (SSSR count). The van der Waals surface area contributed by atoms with E-state index in [9.17, 15) is 9.59 Å². The number of carbonyl (C=O) groups is 2. The molecule has 1 aliphatic heterocycles. The van der Waals surface area contributed by atoms with Crippen molar-refractivity contribution in [2.45, 2.75) is 76.5 Å². The number of urea groups is 1. The van der Waals surface area contributed by atoms with Gasteiger partial charge in [0.25, 0.3) is 0 Å². The van der Waals surface area contributed by atoms with Crippen LogP contribution in [0.3, 0.4) is 0 Å². The number of nitrogens with zero attached hydrogens (tertiary/aromatic N) is 2. The van der Waals surface area contributed by atoms with E-state index < -0.39 is 6.10 Å². The van der Waals surface area contributed by atoms with Crippen molar-refractivity contribution in [2.75, 3.05) is 46.0 Å². The van der Waals surface area contributed by atoms with Crippen molar-refractivity contribution in [1.29, 1.82) is 0 Å². The first-order valence-corrected chi connectivity index (χ1v) is 13.3. The van der Waals surface area contributed by atoms with Crippen molar-refractivity contribution in [2.24, 2.45) is 0 Å². The number of aromatic nitrogens is 1. The standard InChI is InChI=1S/C26H43N5O4/c32-25(30-23-9-3-1-4-10-23)24(35-19-16-31-14-17-34-18-15-31)11-5-2-6-13-28-26(33)29-21-22-8-7-12-27-20-22/h7-8,12,20,23-24H,1-6,9-11,13-19,21H2,(H,30,32)(H2,28,29,33). The minimum atomic E-state index is -0.409. The Hall–Kier alpha value is -2.23. The fourth-order valence-electron chi connectivity index (χ4n) is 4.56. The van der Waals surface area contributed by atoms with E-state index in [2.05, 4.69) is 25.8 Å². The molecule has 9 nitrogen and oxygen atoms in total. The van der Waals surface area contributed by atoms with Crippen LogP contribution in [0.2, 0.25) is 0 Å². The molecule has 196 valence electrons. The molecule has 3 amide bonds. The summed E-state index contributed by atoms with van der Waals surface area (Å²) in [4.78, 5) is 31.3. The van der Waals surface area contributed by atoms with Gasteiger partial charge in [-0.25, -0.2) is 4.79 Å². The van der Waals surface area contributed by atoms with Crippen LogP contribution in [0.15, 0.2) is 24.5 Å². The number of nitrogens with one attached hydrogen (secondary N) is 3. The monoisotopic (exact) mass is 489 g/mol. The van der Waals surface area contributed by atoms with Gasteiger partial charge >= 0.3 is 6.03 Å². The van der Waals surface area contributed by atoms with Crippen molar-refractivity contribution in [1.82, 2.24) is 25.8 Å². The number of hydrogen-bond acceptors (Lipinski definition) is 6. The lowest BCUT2D eigenvalue weighted by molar-refractivity contribution is -0.134. The second-order valence-corrected chi connectivity index (χ2v) is 9.48. The molecule has 1 saturated heterocycles. The maximum Gasteiger partial charge on any atom is 0.315 e. The average molecular weight is 490 g/mol. The van der Waals surface area contributed by atoms with E-state index in [1.807, 2.05) is 12.1 Å². The number of unbranched alkanes of at least 4 members (excludes halogenated alkanes) is 2. The number of rotatable bonds is 14. The van der Waals surface area contributed by atoms with Gasteiger partial charge in [-0.15, -0.1) is 0 Å². The normalized spacial score (nSPS) is 18.1. The molecule has 1 saturated carbocycles. The summed E-state index contributed by atoms with van der Waals surface area (Å²) in [5.41, 5.74) is 0.966. The summed E-state index contributed by atoms with van der Waals surface area (Å²) in [6.07, 6.45) is 12.2. The van der Waals surface area contributed by atoms with E-state index in [-0.39, 0.29) is 18.0 Å². The van der Waals surface area contributed by atoms with Crippen LogP contribution in [0.4, 0.5) is 4.79 Å². The molecule has 1 atom stereocenters. The van der Waals surface area contributed by atoms with E-state index in [4.69, 9.17) is 9.47 Å². The molecule has 35 heavy (non-hydrogen) atoms. The largest absolute Gasteiger partial charge is 0.379 e. The molecule has 0 bridgehead atoms. The lowest BCUT2D eigenvalue weighted by Crippen LogP contribution is -2.44. The Morgan fingerprint density at radius 2 is 1.94 bits per heavy atom. The van der Waals surface area contributed by atoms with Crippen LogP contribution >= 0.6 is 0 Å². The van der Waals surface area contributed by atoms with Gasteiger partial charge in [-0.05, 0) is 37.3 Å². The van der Waals surface area contributed by atoms with Crippen molar-refractivity contribution in [3.8, 4) is 0 Å². The van der Waals surface area contributed by atoms with Crippen LogP contribution in [-0.2, 0) is 20.8 Å². The Morgan fingerprint density at radius 3 is 2.71 bits per heavy atom. The summed E-state index contributed by atoms with van der Waals surface area (Å²) in [5.74, 6) is 0.0341. The summed E-state index contributed by atoms with van der Waals surface area (Å²) in [7, 11) is 0. The SMILES string of the molecule is O=C(NCCCCCC(OCCN1CCOCC1)C(=O)NC1CCCCC1)NCc1cccnc1. The van der Waals surface area contributed by atoms with Crippen LogP contribution in [0.25, 0.3) is 0 Å². The molecule has 9 heteroatoms. The highest BCUT2D eigenvalue weighted by atomic mass is 16.5. The second-order valence-electron chi connectivity index (χ2n) is 9.48. The molecule has 2 aliphatic rings. The van der Waals surface area contributed by atoms with Gasteiger partial charge in [0.2, 0.25) is 5.91 Å². The van der Waals surface area contributed by atoms with Gasteiger partial charge in [0, 0.05) is 51.2 Å². The lowest BCUT2D eigenvalue weighted by Gasteiger charge is -2.28. The number of amides is 3. The van der Waals surface area contributed by atoms with Gasteiger partial charge < -0.3 is 25.4 Å². The summed E-state index contributed by atoms with van der Waals surface area (Å²) < 4.78 is 11.5. The fraction of sp³-hybridized carbons (Fsp3) is 0.731. The van der Waals surface area contributed by atoms with E-state index in [0.29, 0.717) is 26.1 Å². The van der Waals surface area contributed by atoms with Gasteiger partial charge in [0.05, 0.1) is 19.8 Å². The van der Waals surface area contributed by atoms with Crippen LogP contribution < -0.4 is 16.0 Å². The van der Waals surface area contributed by atoms with Crippen LogP contribution in [0.5, 0.6) is 0 Å². The third kappa shape index (κ3) is 11.4. The Kier molecular flexibility index (Phi) is 12.9. The smallest absolute Gasteiger partial charge is 0.315 e. The zero-order valence-corrected chi connectivity index (χ0v) is 21.0. The molecule has 1 aliphatic carbocycles. The topological polar surface area (TPSA) is 105 Å². The molecule has 1 aromatic heterocycles. The second kappa shape index (κ2) is 16.4. The minimum Gasteiger partial charge on any atom is -0.379 e. The van der Waals surface area contributed by atoms with Crippen molar-refractivity contribution < 1.29 is 19.1 Å². The third-order valence-electron chi connectivity index (χ3n) is 6.68. The number of morpholine rings is 1. The van der Waals surface area contributed by atoms with E-state index >= 15 is 0 Å². The zero-order chi connectivity index (χ0) is 24.6. The Balaban J connectivity index is 1.31. The molecular formula is C26H43N5O4. The van der Waals surface area contributed by atoms with Crippen molar-refractivity contribution in [3.63, 3.8) is 0 Å². The summed E-state index contributed by atoms with van der Waals surface area (Å²) in [5, 5.41) is 8.96. The lowest BCUT2D eigenvalue weighted by atomic mass is 9.95. The molecule has 0 radical (unpaired) electrons. The molecule has 0 aromatic carbocycles. The molecular weight excluding hydrogens is 446 g/mol. The predicted octanol–water partition coefficient (Wildman–Crippen LogP) is 2.61. The Labute approximate surface area is 209 Å². The summed E-state index contributed by atoms with van der Waals surface area (Å²) in [6, 6.07) is 3.89. The quantitative estimate of drug-likeness (QED) is 0.347. The average Bonchev–Trinajstić information content (AvgIpc) is 2.90. The zero-order valence-electron chi connectivity index (χ0n) is 21.0. The van der Waals surface area contributed by atoms with Crippen LogP contribution in [0, 0.1) is 0 Å². The van der Waals surface area contributed by atoms with Crippen molar-refractivity contribution >= 4 is 11.9 Å². The van der Waals surface area contributed by atoms with Crippen LogP contribution in [0.1, 0.15) is 63.4 Å². The van der Waals surface area contributed by atoms with Crippen molar-refractivity contribution in [3.05, 3.63) is 30.1 Å². The van der Waals surface area contributed by atoms with Gasteiger partial charge in [0.1, 0.15) is 6.10 Å². The highest BCUT2D eigenvalue weighted by Gasteiger charge is 2.23. The van der Waals surface area contributed by atoms with Gasteiger partial charge in [-0.3, -0.25) is 14.7 Å². The van der Waals surface area contributed by atoms with Gasteiger partial charge in [-0.2, -0.15) is 0 Å². The molecule has 2 fully saturated rings. The first-order valence-electron chi connectivity index (χ1n) is 13.3. The number of hydrogen-bond donors (Lipinski definition) is 3. The number of pyridine rings is 1. The first kappa shape index (κ1) is 27.4. The molecule has 1 aromatic rings. The third-order valence-corrected chi connectivity index (χ3v) is 6.68. The fourth-order valence-corrected chi connectivity index (χ4v) is 4.56. The molecule has 1 unspecified atom stereocenters. The number of carbonyl (C=O) groups excluding carboxylic acids is 2. The summed E-state index contributed by atoms with van der Waals surface area (Å²) in [6.45, 7) is 5.82. The maximum absolute atomic E-state index is 13.0. The predicted molar refractivity (Wildman–Crippen MR) is 135 cm³/mol. The van der Waals surface area contributed by atoms with E-state index in [1.165, 1.54) is 19.3 Å². The summed E-state index contributed by atoms with van der Waals surface area (Å²) >= 11 is 0. The first-order chi connectivity index (χ1) is 17.2. The van der Waals surface area contributed by atoms with E-state index in [0.717, 1.165) is 70.5 Å². The van der Waals surface area contributed by atoms with Gasteiger partial charge in [-0.1, -0.05) is 38.2 Å². The highest BCUT2D eigenvalue weighted by molar-refractivity contribution is 5.81. The minimum absolute atomic E-state index is 0.0341. The highest BCUT2D eigenvalue weighted by Crippen LogP contribution is 2.18. The number of ether oxygens (including phenoxy) is 2. The molecule has 3 N–H and O–H groups in total. The van der Waals surface area contributed by atoms with E-state index in [1.54, 1.807) is 12.4 Å². The van der Waals surface area contributed by atoms with Gasteiger partial charge in [0.15, 0.2) is 0 Å². The maximum atomic E-state index is 13.0. The van der Waals surface area contributed by atoms with Crippen LogP contribution in [-0.4, -0.2) is 80.0 Å². The molecule has 2 heterocycles.